The molecule has 2 aromatic rings. The van der Waals surface area contributed by atoms with Gasteiger partial charge in [0, 0.05) is 12.4 Å². The number of hydrogen-bond donors (Lipinski definition) is 0. The summed E-state index contributed by atoms with van der Waals surface area (Å²) < 4.78 is 37.7. The Hall–Kier alpha value is -1.85. The Balaban J connectivity index is 2.18. The Morgan fingerprint density at radius 3 is 2.59 bits per heavy atom. The largest absolute Gasteiger partial charge is 0.390 e. The Morgan fingerprint density at radius 2 is 1.94 bits per heavy atom. The smallest absolute Gasteiger partial charge is 0.263 e. The number of alkyl halides is 3. The maximum Gasteiger partial charge on any atom is 0.390 e. The third-order valence-electron chi connectivity index (χ3n) is 2.25. The zero-order chi connectivity index (χ0) is 12.3. The van der Waals surface area contributed by atoms with Crippen molar-refractivity contribution in [2.75, 3.05) is 0 Å². The zero-order valence-electron chi connectivity index (χ0n) is 8.85. The van der Waals surface area contributed by atoms with Gasteiger partial charge in [0.1, 0.15) is 0 Å². The lowest BCUT2D eigenvalue weighted by molar-refractivity contribution is -0.137. The summed E-state index contributed by atoms with van der Waals surface area (Å²) in [6, 6.07) is 6.92. The highest BCUT2D eigenvalue weighted by Gasteiger charge is 2.27. The van der Waals surface area contributed by atoms with Crippen LogP contribution in [-0.2, 0) is 6.54 Å². The number of rotatable bonds is 3. The van der Waals surface area contributed by atoms with Gasteiger partial charge < -0.3 is 0 Å². The van der Waals surface area contributed by atoms with Crippen LogP contribution in [0.4, 0.5) is 13.2 Å². The molecule has 2 heterocycles. The average Bonchev–Trinajstić information content (AvgIpc) is 2.75. The van der Waals surface area contributed by atoms with E-state index in [2.05, 4.69) is 10.1 Å². The van der Waals surface area contributed by atoms with Crippen LogP contribution >= 0.6 is 0 Å². The summed E-state index contributed by atoms with van der Waals surface area (Å²) in [4.78, 5) is 4.08. The van der Waals surface area contributed by atoms with E-state index in [0.29, 0.717) is 11.4 Å². The SMILES string of the molecule is FC(F)(F)CCn1nccc1-c1ccccn1. The fourth-order valence-electron chi connectivity index (χ4n) is 1.48. The van der Waals surface area contributed by atoms with Gasteiger partial charge in [-0.1, -0.05) is 6.07 Å². The minimum Gasteiger partial charge on any atom is -0.263 e. The molecule has 0 saturated heterocycles. The molecule has 0 spiro atoms. The minimum atomic E-state index is -4.17. The number of pyridine rings is 1. The molecular formula is C11H10F3N3. The quantitative estimate of drug-likeness (QED) is 0.827. The first-order valence-electron chi connectivity index (χ1n) is 5.06. The molecule has 0 unspecified atom stereocenters. The van der Waals surface area contributed by atoms with Crippen molar-refractivity contribution in [3.05, 3.63) is 36.7 Å². The van der Waals surface area contributed by atoms with Crippen LogP contribution in [0, 0.1) is 0 Å². The van der Waals surface area contributed by atoms with Crippen LogP contribution in [0.3, 0.4) is 0 Å². The van der Waals surface area contributed by atoms with Crippen LogP contribution < -0.4 is 0 Å². The molecule has 0 N–H and O–H groups in total. The Kier molecular flexibility index (Phi) is 3.12. The highest BCUT2D eigenvalue weighted by atomic mass is 19.4. The molecule has 3 nitrogen and oxygen atoms in total. The number of aromatic nitrogens is 3. The molecule has 0 bridgehead atoms. The van der Waals surface area contributed by atoms with E-state index in [1.807, 2.05) is 0 Å². The lowest BCUT2D eigenvalue weighted by Gasteiger charge is -2.09. The highest BCUT2D eigenvalue weighted by Crippen LogP contribution is 2.22. The summed E-state index contributed by atoms with van der Waals surface area (Å²) in [6.07, 6.45) is -2.00. The third-order valence-corrected chi connectivity index (χ3v) is 2.25. The van der Waals surface area contributed by atoms with Gasteiger partial charge in [0.25, 0.3) is 0 Å². The van der Waals surface area contributed by atoms with Crippen LogP contribution in [0.5, 0.6) is 0 Å². The van der Waals surface area contributed by atoms with Crippen LogP contribution in [0.25, 0.3) is 11.4 Å². The maximum absolute atomic E-state index is 12.1. The molecule has 17 heavy (non-hydrogen) atoms. The van der Waals surface area contributed by atoms with E-state index < -0.39 is 12.6 Å². The van der Waals surface area contributed by atoms with Gasteiger partial charge in [0.15, 0.2) is 0 Å². The van der Waals surface area contributed by atoms with Crippen LogP contribution in [0.2, 0.25) is 0 Å². The molecule has 2 rings (SSSR count). The van der Waals surface area contributed by atoms with E-state index in [-0.39, 0.29) is 6.54 Å². The summed E-state index contributed by atoms with van der Waals surface area (Å²) in [5.41, 5.74) is 1.21. The van der Waals surface area contributed by atoms with Crippen LogP contribution in [0.1, 0.15) is 6.42 Å². The van der Waals surface area contributed by atoms with E-state index in [9.17, 15) is 13.2 Å². The van der Waals surface area contributed by atoms with Gasteiger partial charge >= 0.3 is 6.18 Å². The van der Waals surface area contributed by atoms with Gasteiger partial charge in [0.05, 0.1) is 24.4 Å². The number of hydrogen-bond acceptors (Lipinski definition) is 2. The molecule has 0 radical (unpaired) electrons. The maximum atomic E-state index is 12.1. The van der Waals surface area contributed by atoms with Crippen molar-refractivity contribution < 1.29 is 13.2 Å². The number of nitrogens with zero attached hydrogens (tertiary/aromatic N) is 3. The predicted molar refractivity (Wildman–Crippen MR) is 56.1 cm³/mol. The third kappa shape index (κ3) is 3.05. The summed E-state index contributed by atoms with van der Waals surface area (Å²) in [7, 11) is 0. The van der Waals surface area contributed by atoms with Crippen molar-refractivity contribution in [2.45, 2.75) is 19.1 Å². The Morgan fingerprint density at radius 1 is 1.12 bits per heavy atom. The fraction of sp³-hybridized carbons (Fsp3) is 0.273. The highest BCUT2D eigenvalue weighted by molar-refractivity contribution is 5.53. The molecule has 0 aliphatic rings. The Labute approximate surface area is 95.9 Å². The van der Waals surface area contributed by atoms with Crippen LogP contribution in [-0.4, -0.2) is 20.9 Å². The molecule has 6 heteroatoms. The van der Waals surface area contributed by atoms with E-state index in [4.69, 9.17) is 0 Å². The summed E-state index contributed by atoms with van der Waals surface area (Å²) in [5, 5.41) is 3.87. The molecule has 0 fully saturated rings. The lowest BCUT2D eigenvalue weighted by atomic mass is 10.2. The summed E-state index contributed by atoms with van der Waals surface area (Å²) in [6.45, 7) is -0.192. The zero-order valence-corrected chi connectivity index (χ0v) is 8.85. The van der Waals surface area contributed by atoms with Crippen molar-refractivity contribution in [1.29, 1.82) is 0 Å². The van der Waals surface area contributed by atoms with Gasteiger partial charge in [-0.15, -0.1) is 0 Å². The molecule has 0 aromatic carbocycles. The first kappa shape index (κ1) is 11.6. The van der Waals surface area contributed by atoms with Crippen LogP contribution in [0.15, 0.2) is 36.7 Å². The van der Waals surface area contributed by atoms with Crippen molar-refractivity contribution in [1.82, 2.24) is 14.8 Å². The van der Waals surface area contributed by atoms with Gasteiger partial charge in [-0.3, -0.25) is 9.67 Å². The minimum absolute atomic E-state index is 0.192. The van der Waals surface area contributed by atoms with Crippen molar-refractivity contribution in [3.8, 4) is 11.4 Å². The predicted octanol–water partition coefficient (Wildman–Crippen LogP) is 2.90. The topological polar surface area (TPSA) is 30.7 Å². The van der Waals surface area contributed by atoms with Crippen molar-refractivity contribution in [3.63, 3.8) is 0 Å². The molecule has 0 atom stereocenters. The lowest BCUT2D eigenvalue weighted by Crippen LogP contribution is -2.13. The van der Waals surface area contributed by atoms with E-state index in [1.54, 1.807) is 30.5 Å². The molecule has 0 amide bonds. The van der Waals surface area contributed by atoms with Crippen molar-refractivity contribution >= 4 is 0 Å². The number of aryl methyl sites for hydroxylation is 1. The van der Waals surface area contributed by atoms with Gasteiger partial charge in [-0.05, 0) is 18.2 Å². The van der Waals surface area contributed by atoms with Gasteiger partial charge in [0.2, 0.25) is 0 Å². The second kappa shape index (κ2) is 4.57. The first-order valence-corrected chi connectivity index (χ1v) is 5.06. The van der Waals surface area contributed by atoms with Crippen molar-refractivity contribution in [2.24, 2.45) is 0 Å². The molecule has 90 valence electrons. The average molecular weight is 241 g/mol. The summed E-state index contributed by atoms with van der Waals surface area (Å²) >= 11 is 0. The monoisotopic (exact) mass is 241 g/mol. The van der Waals surface area contributed by atoms with Gasteiger partial charge in [-0.25, -0.2) is 0 Å². The second-order valence-corrected chi connectivity index (χ2v) is 3.52. The number of halogens is 3. The molecule has 0 aliphatic carbocycles. The molecule has 0 aliphatic heterocycles. The van der Waals surface area contributed by atoms with E-state index in [1.165, 1.54) is 10.9 Å². The Bertz CT molecular complexity index is 476. The molecule has 0 saturated carbocycles. The normalized spacial score (nSPS) is 11.7. The fourth-order valence-corrected chi connectivity index (χ4v) is 1.48. The van der Waals surface area contributed by atoms with E-state index >= 15 is 0 Å². The second-order valence-electron chi connectivity index (χ2n) is 3.52. The van der Waals surface area contributed by atoms with Gasteiger partial charge in [-0.2, -0.15) is 18.3 Å². The van der Waals surface area contributed by atoms with E-state index in [0.717, 1.165) is 0 Å². The standard InChI is InChI=1S/C11H10F3N3/c12-11(13,14)5-8-17-10(4-7-16-17)9-3-1-2-6-15-9/h1-4,6-7H,5,8H2. The molecular weight excluding hydrogens is 231 g/mol. The first-order chi connectivity index (χ1) is 8.06. The summed E-state index contributed by atoms with van der Waals surface area (Å²) in [5.74, 6) is 0. The molecule has 2 aromatic heterocycles.